The van der Waals surface area contributed by atoms with Crippen LogP contribution in [0.25, 0.3) is 0 Å². The molecule has 2 N–H and O–H groups in total. The molecule has 5 heteroatoms. The van der Waals surface area contributed by atoms with Crippen LogP contribution in [-0.4, -0.2) is 35.7 Å². The zero-order valence-electron chi connectivity index (χ0n) is 9.40. The Morgan fingerprint density at radius 1 is 1.41 bits per heavy atom. The third-order valence-corrected chi connectivity index (χ3v) is 2.97. The molecule has 0 saturated carbocycles. The van der Waals surface area contributed by atoms with E-state index in [9.17, 15) is 14.3 Å². The molecule has 1 aliphatic rings. The maximum Gasteiger partial charge on any atom is 0.407 e. The van der Waals surface area contributed by atoms with E-state index >= 15 is 0 Å². The van der Waals surface area contributed by atoms with Crippen LogP contribution < -0.4 is 5.32 Å². The van der Waals surface area contributed by atoms with Crippen molar-refractivity contribution in [2.45, 2.75) is 12.5 Å². The van der Waals surface area contributed by atoms with E-state index in [0.29, 0.717) is 13.1 Å². The van der Waals surface area contributed by atoms with Crippen LogP contribution in [0.3, 0.4) is 0 Å². The molecular weight excluding hydrogens is 223 g/mol. The summed E-state index contributed by atoms with van der Waals surface area (Å²) < 4.78 is 12.8. The molecule has 1 saturated heterocycles. The predicted octanol–water partition coefficient (Wildman–Crippen LogP) is 1.84. The van der Waals surface area contributed by atoms with Gasteiger partial charge in [-0.25, -0.2) is 9.18 Å². The fourth-order valence-electron chi connectivity index (χ4n) is 2.09. The highest BCUT2D eigenvalue weighted by Gasteiger charge is 2.26. The average molecular weight is 238 g/mol. The van der Waals surface area contributed by atoms with Gasteiger partial charge in [0.15, 0.2) is 0 Å². The van der Waals surface area contributed by atoms with E-state index in [4.69, 9.17) is 0 Å². The molecule has 1 atom stereocenters. The first kappa shape index (κ1) is 11.9. The van der Waals surface area contributed by atoms with Gasteiger partial charge in [0.25, 0.3) is 0 Å². The first-order valence-electron chi connectivity index (χ1n) is 5.64. The number of halogens is 1. The van der Waals surface area contributed by atoms with Crippen LogP contribution in [0, 0.1) is 5.82 Å². The second-order valence-corrected chi connectivity index (χ2v) is 4.10. The van der Waals surface area contributed by atoms with Crippen molar-refractivity contribution < 1.29 is 14.3 Å². The minimum absolute atomic E-state index is 0.240. The molecule has 1 heterocycles. The van der Waals surface area contributed by atoms with Gasteiger partial charge in [0.05, 0.1) is 6.04 Å². The zero-order chi connectivity index (χ0) is 12.3. The molecule has 0 bridgehead atoms. The van der Waals surface area contributed by atoms with Crippen LogP contribution in [0.15, 0.2) is 24.3 Å². The van der Waals surface area contributed by atoms with Crippen LogP contribution in [0.4, 0.5) is 9.18 Å². The van der Waals surface area contributed by atoms with Crippen LogP contribution in [0.2, 0.25) is 0 Å². The smallest absolute Gasteiger partial charge is 0.407 e. The summed E-state index contributed by atoms with van der Waals surface area (Å²) in [6.45, 7) is 1.88. The summed E-state index contributed by atoms with van der Waals surface area (Å²) in [5.41, 5.74) is 0.822. The molecule has 92 valence electrons. The third kappa shape index (κ3) is 2.74. The highest BCUT2D eigenvalue weighted by molar-refractivity contribution is 5.66. The summed E-state index contributed by atoms with van der Waals surface area (Å²) >= 11 is 0. The zero-order valence-corrected chi connectivity index (χ0v) is 9.40. The SMILES string of the molecule is O=C(O)N1CCCNC[C@H]1c1ccc(F)cc1. The number of nitrogens with one attached hydrogen (secondary N) is 1. The lowest BCUT2D eigenvalue weighted by Crippen LogP contribution is -2.36. The number of benzene rings is 1. The normalized spacial score (nSPS) is 21.0. The number of nitrogens with zero attached hydrogens (tertiary/aromatic N) is 1. The Balaban J connectivity index is 2.25. The van der Waals surface area contributed by atoms with Gasteiger partial charge in [-0.15, -0.1) is 0 Å². The molecule has 0 unspecified atom stereocenters. The minimum Gasteiger partial charge on any atom is -0.465 e. The molecule has 0 spiro atoms. The molecule has 1 aromatic carbocycles. The summed E-state index contributed by atoms with van der Waals surface area (Å²) in [6.07, 6.45) is -0.132. The molecule has 17 heavy (non-hydrogen) atoms. The summed E-state index contributed by atoms with van der Waals surface area (Å²) in [6, 6.07) is 5.77. The van der Waals surface area contributed by atoms with Crippen LogP contribution >= 0.6 is 0 Å². The molecule has 0 aromatic heterocycles. The fourth-order valence-corrected chi connectivity index (χ4v) is 2.09. The van der Waals surface area contributed by atoms with Crippen molar-refractivity contribution >= 4 is 6.09 Å². The molecule has 2 rings (SSSR count). The Hall–Kier alpha value is -1.62. The van der Waals surface area contributed by atoms with E-state index in [0.717, 1.165) is 18.5 Å². The topological polar surface area (TPSA) is 52.6 Å². The highest BCUT2D eigenvalue weighted by Crippen LogP contribution is 2.22. The Kier molecular flexibility index (Phi) is 3.58. The standard InChI is InChI=1S/C12H15FN2O2/c13-10-4-2-9(3-5-10)11-8-14-6-1-7-15(11)12(16)17/h2-5,11,14H,1,6-8H2,(H,16,17)/t11-/m0/s1. The van der Waals surface area contributed by atoms with Crippen molar-refractivity contribution in [3.8, 4) is 0 Å². The fraction of sp³-hybridized carbons (Fsp3) is 0.417. The van der Waals surface area contributed by atoms with Crippen molar-refractivity contribution in [2.24, 2.45) is 0 Å². The van der Waals surface area contributed by atoms with Gasteiger partial charge in [-0.1, -0.05) is 12.1 Å². The van der Waals surface area contributed by atoms with Crippen molar-refractivity contribution in [3.63, 3.8) is 0 Å². The second kappa shape index (κ2) is 5.14. The molecule has 0 aliphatic carbocycles. The van der Waals surface area contributed by atoms with E-state index in [2.05, 4.69) is 5.32 Å². The molecule has 1 amide bonds. The Morgan fingerprint density at radius 2 is 2.12 bits per heavy atom. The molecule has 0 radical (unpaired) electrons. The number of carbonyl (C=O) groups is 1. The lowest BCUT2D eigenvalue weighted by atomic mass is 10.1. The van der Waals surface area contributed by atoms with Gasteiger partial charge in [-0.3, -0.25) is 4.90 Å². The Bertz CT molecular complexity index is 394. The second-order valence-electron chi connectivity index (χ2n) is 4.10. The van der Waals surface area contributed by atoms with Gasteiger partial charge in [-0.2, -0.15) is 0 Å². The predicted molar refractivity (Wildman–Crippen MR) is 61.4 cm³/mol. The number of hydrogen-bond donors (Lipinski definition) is 2. The Labute approximate surface area is 99.0 Å². The van der Waals surface area contributed by atoms with E-state index in [-0.39, 0.29) is 11.9 Å². The van der Waals surface area contributed by atoms with Crippen molar-refractivity contribution in [3.05, 3.63) is 35.6 Å². The van der Waals surface area contributed by atoms with Crippen LogP contribution in [0.1, 0.15) is 18.0 Å². The van der Waals surface area contributed by atoms with Crippen LogP contribution in [0.5, 0.6) is 0 Å². The number of rotatable bonds is 1. The molecule has 1 aliphatic heterocycles. The summed E-state index contributed by atoms with van der Waals surface area (Å²) in [5, 5.41) is 12.4. The van der Waals surface area contributed by atoms with E-state index in [1.807, 2.05) is 0 Å². The quantitative estimate of drug-likeness (QED) is 0.785. The van der Waals surface area contributed by atoms with Crippen molar-refractivity contribution in [2.75, 3.05) is 19.6 Å². The van der Waals surface area contributed by atoms with Crippen molar-refractivity contribution in [1.29, 1.82) is 0 Å². The number of carboxylic acid groups (broad SMARTS) is 1. The van der Waals surface area contributed by atoms with Gasteiger partial charge in [0.2, 0.25) is 0 Å². The lowest BCUT2D eigenvalue weighted by molar-refractivity contribution is 0.128. The first-order chi connectivity index (χ1) is 8.18. The van der Waals surface area contributed by atoms with Gasteiger partial charge >= 0.3 is 6.09 Å². The minimum atomic E-state index is -0.928. The van der Waals surface area contributed by atoms with Gasteiger partial charge in [-0.05, 0) is 30.7 Å². The molecule has 1 fully saturated rings. The maximum atomic E-state index is 12.8. The van der Waals surface area contributed by atoms with E-state index in [1.165, 1.54) is 17.0 Å². The summed E-state index contributed by atoms with van der Waals surface area (Å²) in [7, 11) is 0. The summed E-state index contributed by atoms with van der Waals surface area (Å²) in [5.74, 6) is -0.308. The van der Waals surface area contributed by atoms with Gasteiger partial charge in [0.1, 0.15) is 5.82 Å². The third-order valence-electron chi connectivity index (χ3n) is 2.97. The highest BCUT2D eigenvalue weighted by atomic mass is 19.1. The van der Waals surface area contributed by atoms with Crippen LogP contribution in [-0.2, 0) is 0 Å². The Morgan fingerprint density at radius 3 is 2.76 bits per heavy atom. The number of hydrogen-bond acceptors (Lipinski definition) is 2. The number of amides is 1. The first-order valence-corrected chi connectivity index (χ1v) is 5.64. The summed E-state index contributed by atoms with van der Waals surface area (Å²) in [4.78, 5) is 12.6. The van der Waals surface area contributed by atoms with Gasteiger partial charge < -0.3 is 10.4 Å². The van der Waals surface area contributed by atoms with E-state index < -0.39 is 6.09 Å². The molecule has 4 nitrogen and oxygen atoms in total. The monoisotopic (exact) mass is 238 g/mol. The van der Waals surface area contributed by atoms with Crippen molar-refractivity contribution in [1.82, 2.24) is 10.2 Å². The maximum absolute atomic E-state index is 12.8. The molecule has 1 aromatic rings. The average Bonchev–Trinajstić information content (AvgIpc) is 2.55. The van der Waals surface area contributed by atoms with E-state index in [1.54, 1.807) is 12.1 Å². The molecular formula is C12H15FN2O2. The van der Waals surface area contributed by atoms with Gasteiger partial charge in [0, 0.05) is 13.1 Å². The lowest BCUT2D eigenvalue weighted by Gasteiger charge is -2.27. The largest absolute Gasteiger partial charge is 0.465 e.